The van der Waals surface area contributed by atoms with Crippen molar-refractivity contribution in [1.82, 2.24) is 19.7 Å². The van der Waals surface area contributed by atoms with E-state index in [-0.39, 0.29) is 6.61 Å². The number of pyridine rings is 2. The van der Waals surface area contributed by atoms with Gasteiger partial charge in [-0.15, -0.1) is 0 Å². The third kappa shape index (κ3) is 6.06. The molecule has 3 aromatic heterocycles. The van der Waals surface area contributed by atoms with Crippen LogP contribution in [0.1, 0.15) is 16.8 Å². The van der Waals surface area contributed by atoms with Gasteiger partial charge in [-0.1, -0.05) is 6.07 Å². The number of nitrogens with zero attached hydrogens (tertiary/aromatic N) is 4. The molecule has 176 valence electrons. The van der Waals surface area contributed by atoms with Crippen LogP contribution in [0.4, 0.5) is 0 Å². The van der Waals surface area contributed by atoms with Crippen LogP contribution in [0.5, 0.6) is 5.75 Å². The van der Waals surface area contributed by atoms with Crippen LogP contribution in [0, 0.1) is 13.8 Å². The number of aryl methyl sites for hydroxylation is 2. The molecule has 4 aromatic rings. The predicted octanol–water partition coefficient (Wildman–Crippen LogP) is 4.18. The van der Waals surface area contributed by atoms with E-state index in [1.54, 1.807) is 17.1 Å². The molecule has 0 fully saturated rings. The quantitative estimate of drug-likeness (QED) is 0.333. The smallest absolute Gasteiger partial charge is 0.264 e. The molecule has 0 aliphatic rings. The average molecular weight is 479 g/mol. The molecule has 0 radical (unpaired) electrons. The first-order valence-corrected chi connectivity index (χ1v) is 12.6. The summed E-state index contributed by atoms with van der Waals surface area (Å²) in [5, 5.41) is 4.69. The highest BCUT2D eigenvalue weighted by Gasteiger charge is 2.14. The molecule has 3 heterocycles. The molecule has 0 aliphatic carbocycles. The van der Waals surface area contributed by atoms with E-state index < -0.39 is 10.1 Å². The average Bonchev–Trinajstić information content (AvgIpc) is 3.23. The van der Waals surface area contributed by atoms with Crippen LogP contribution >= 0.6 is 0 Å². The molecular formula is C25H26N4O4S. The van der Waals surface area contributed by atoms with Crippen molar-refractivity contribution in [3.63, 3.8) is 0 Å². The lowest BCUT2D eigenvalue weighted by Gasteiger charge is -2.09. The van der Waals surface area contributed by atoms with Gasteiger partial charge in [-0.3, -0.25) is 18.8 Å². The first kappa shape index (κ1) is 23.6. The van der Waals surface area contributed by atoms with Gasteiger partial charge in [0.25, 0.3) is 10.1 Å². The van der Waals surface area contributed by atoms with Gasteiger partial charge < -0.3 is 4.74 Å². The summed E-state index contributed by atoms with van der Waals surface area (Å²) >= 11 is 0. The van der Waals surface area contributed by atoms with Gasteiger partial charge >= 0.3 is 0 Å². The normalized spacial score (nSPS) is 11.5. The van der Waals surface area contributed by atoms with Gasteiger partial charge in [-0.2, -0.15) is 13.5 Å². The Hall–Kier alpha value is -3.56. The summed E-state index contributed by atoms with van der Waals surface area (Å²) in [5.74, 6) is 0.733. The predicted molar refractivity (Wildman–Crippen MR) is 130 cm³/mol. The fourth-order valence-corrected chi connectivity index (χ4v) is 3.91. The summed E-state index contributed by atoms with van der Waals surface area (Å²) in [6.45, 7) is 4.75. The summed E-state index contributed by atoms with van der Waals surface area (Å²) in [4.78, 5) is 8.54. The largest absolute Gasteiger partial charge is 0.487 e. The van der Waals surface area contributed by atoms with Crippen molar-refractivity contribution < 1.29 is 17.3 Å². The molecule has 0 spiro atoms. The van der Waals surface area contributed by atoms with Crippen LogP contribution in [-0.2, 0) is 27.5 Å². The van der Waals surface area contributed by atoms with Crippen molar-refractivity contribution in [2.24, 2.45) is 0 Å². The fraction of sp³-hybridized carbons (Fsp3) is 0.240. The second-order valence-electron chi connectivity index (χ2n) is 8.01. The second kappa shape index (κ2) is 10.1. The number of hydrogen-bond acceptors (Lipinski definition) is 7. The first-order chi connectivity index (χ1) is 16.3. The first-order valence-electron chi connectivity index (χ1n) is 10.8. The molecule has 9 heteroatoms. The Morgan fingerprint density at radius 1 is 1.00 bits per heavy atom. The van der Waals surface area contributed by atoms with E-state index in [2.05, 4.69) is 16.0 Å². The maximum absolute atomic E-state index is 11.3. The molecule has 4 rings (SSSR count). The van der Waals surface area contributed by atoms with Gasteiger partial charge in [0.2, 0.25) is 0 Å². The van der Waals surface area contributed by atoms with Crippen molar-refractivity contribution in [1.29, 1.82) is 0 Å². The van der Waals surface area contributed by atoms with Crippen LogP contribution in [0.2, 0.25) is 0 Å². The van der Waals surface area contributed by atoms with Gasteiger partial charge in [0.05, 0.1) is 25.1 Å². The fourth-order valence-electron chi connectivity index (χ4n) is 3.53. The van der Waals surface area contributed by atoms with Crippen LogP contribution < -0.4 is 4.74 Å². The molecular weight excluding hydrogens is 452 g/mol. The lowest BCUT2D eigenvalue weighted by Crippen LogP contribution is -2.10. The highest BCUT2D eigenvalue weighted by atomic mass is 32.2. The maximum Gasteiger partial charge on any atom is 0.264 e. The standard InChI is InChI=1S/C25H26N4O4S/c1-18-14-19(2)24(27-15-18)17-32-22-6-4-21(5-7-22)25-23(20-8-10-26-11-9-20)16-29(28-25)12-13-33-34(3,30)31/h4-11,14-16H,12-13,17H2,1-3H3. The summed E-state index contributed by atoms with van der Waals surface area (Å²) in [6, 6.07) is 13.6. The third-order valence-corrected chi connectivity index (χ3v) is 5.79. The van der Waals surface area contributed by atoms with E-state index >= 15 is 0 Å². The Kier molecular flexibility index (Phi) is 7.04. The number of hydrogen-bond donors (Lipinski definition) is 0. The molecule has 34 heavy (non-hydrogen) atoms. The summed E-state index contributed by atoms with van der Waals surface area (Å²) in [7, 11) is -3.50. The SMILES string of the molecule is Cc1cnc(COc2ccc(-c3nn(CCOS(C)(=O)=O)cc3-c3ccncc3)cc2)c(C)c1. The van der Waals surface area contributed by atoms with Crippen LogP contribution in [0.25, 0.3) is 22.4 Å². The lowest BCUT2D eigenvalue weighted by molar-refractivity contribution is 0.297. The highest BCUT2D eigenvalue weighted by Crippen LogP contribution is 2.32. The van der Waals surface area contributed by atoms with Crippen LogP contribution in [0.15, 0.2) is 67.3 Å². The Morgan fingerprint density at radius 2 is 1.74 bits per heavy atom. The Morgan fingerprint density at radius 3 is 2.41 bits per heavy atom. The van der Waals surface area contributed by atoms with E-state index in [1.165, 1.54) is 0 Å². The molecule has 0 unspecified atom stereocenters. The number of rotatable bonds is 9. The summed E-state index contributed by atoms with van der Waals surface area (Å²) in [5.41, 5.74) is 6.68. The summed E-state index contributed by atoms with van der Waals surface area (Å²) in [6.07, 6.45) is 8.20. The van der Waals surface area contributed by atoms with E-state index in [0.717, 1.165) is 51.2 Å². The number of aromatic nitrogens is 4. The van der Waals surface area contributed by atoms with Gasteiger partial charge in [-0.05, 0) is 66.9 Å². The molecule has 8 nitrogen and oxygen atoms in total. The molecule has 0 aliphatic heterocycles. The van der Waals surface area contributed by atoms with Crippen molar-refractivity contribution in [3.05, 3.63) is 84.1 Å². The second-order valence-corrected chi connectivity index (χ2v) is 9.65. The lowest BCUT2D eigenvalue weighted by atomic mass is 10.0. The zero-order valence-electron chi connectivity index (χ0n) is 19.3. The van der Waals surface area contributed by atoms with Gasteiger partial charge in [0.15, 0.2) is 0 Å². The van der Waals surface area contributed by atoms with Crippen LogP contribution in [-0.4, -0.2) is 41.0 Å². The van der Waals surface area contributed by atoms with Gasteiger partial charge in [0.1, 0.15) is 18.1 Å². The van der Waals surface area contributed by atoms with E-state index in [1.807, 2.05) is 62.6 Å². The van der Waals surface area contributed by atoms with Crippen molar-refractivity contribution >= 4 is 10.1 Å². The van der Waals surface area contributed by atoms with Crippen molar-refractivity contribution in [2.75, 3.05) is 12.9 Å². The molecule has 0 atom stereocenters. The van der Waals surface area contributed by atoms with E-state index in [0.29, 0.717) is 13.2 Å². The van der Waals surface area contributed by atoms with Crippen molar-refractivity contribution in [3.8, 4) is 28.1 Å². The van der Waals surface area contributed by atoms with E-state index in [9.17, 15) is 8.42 Å². The molecule has 0 bridgehead atoms. The van der Waals surface area contributed by atoms with Crippen LogP contribution in [0.3, 0.4) is 0 Å². The van der Waals surface area contributed by atoms with Gasteiger partial charge in [-0.25, -0.2) is 0 Å². The minimum atomic E-state index is -3.50. The van der Waals surface area contributed by atoms with Crippen molar-refractivity contribution in [2.45, 2.75) is 27.0 Å². The molecule has 1 aromatic carbocycles. The minimum absolute atomic E-state index is 0.00891. The number of ether oxygens (including phenoxy) is 1. The highest BCUT2D eigenvalue weighted by molar-refractivity contribution is 7.85. The molecule has 0 amide bonds. The Balaban J connectivity index is 1.54. The summed E-state index contributed by atoms with van der Waals surface area (Å²) < 4.78 is 35.0. The zero-order valence-corrected chi connectivity index (χ0v) is 20.1. The topological polar surface area (TPSA) is 96.2 Å². The monoisotopic (exact) mass is 478 g/mol. The van der Waals surface area contributed by atoms with Gasteiger partial charge in [0, 0.05) is 35.9 Å². The van der Waals surface area contributed by atoms with E-state index in [4.69, 9.17) is 14.0 Å². The third-order valence-electron chi connectivity index (χ3n) is 5.20. The Labute approximate surface area is 199 Å². The molecule has 0 saturated heterocycles. The number of benzene rings is 1. The minimum Gasteiger partial charge on any atom is -0.487 e. The molecule has 0 N–H and O–H groups in total. The molecule has 0 saturated carbocycles. The Bertz CT molecular complexity index is 1370. The zero-order chi connectivity index (χ0) is 24.1. The maximum atomic E-state index is 11.3.